The largest absolute Gasteiger partial charge is 0.460 e. The molecule has 1 unspecified atom stereocenters. The lowest BCUT2D eigenvalue weighted by Crippen LogP contribution is -2.52. The van der Waals surface area contributed by atoms with Gasteiger partial charge >= 0.3 is 12.1 Å². The number of benzene rings is 1. The van der Waals surface area contributed by atoms with Crippen molar-refractivity contribution >= 4 is 28.9 Å². The second-order valence-corrected chi connectivity index (χ2v) is 10.8. The number of fused-ring (bicyclic) bond motifs is 2. The van der Waals surface area contributed by atoms with Crippen molar-refractivity contribution < 1.29 is 19.1 Å². The Balaban J connectivity index is 1.15. The fourth-order valence-electron chi connectivity index (χ4n) is 5.43. The highest BCUT2D eigenvalue weighted by atomic mass is 16.6. The number of aryl methyl sites for hydroxylation is 1. The molecule has 1 aromatic carbocycles. The van der Waals surface area contributed by atoms with E-state index in [9.17, 15) is 9.59 Å². The van der Waals surface area contributed by atoms with E-state index in [1.165, 1.54) is 0 Å². The van der Waals surface area contributed by atoms with Crippen LogP contribution in [0.15, 0.2) is 42.9 Å². The highest BCUT2D eigenvalue weighted by molar-refractivity contribution is 5.87. The van der Waals surface area contributed by atoms with Gasteiger partial charge in [-0.1, -0.05) is 24.3 Å². The van der Waals surface area contributed by atoms with Crippen LogP contribution in [0.5, 0.6) is 0 Å². The van der Waals surface area contributed by atoms with Gasteiger partial charge in [0.25, 0.3) is 0 Å². The molecule has 3 aromatic rings. The normalized spacial score (nSPS) is 19.6. The summed E-state index contributed by atoms with van der Waals surface area (Å²) in [7, 11) is 0. The Bertz CT molecular complexity index is 1250. The smallest absolute Gasteiger partial charge is 0.410 e. The Morgan fingerprint density at radius 2 is 1.81 bits per heavy atom. The minimum absolute atomic E-state index is 0.112. The van der Waals surface area contributed by atoms with E-state index in [4.69, 9.17) is 9.47 Å². The third kappa shape index (κ3) is 5.70. The molecule has 0 aliphatic carbocycles. The molecule has 9 nitrogen and oxygen atoms in total. The molecule has 0 radical (unpaired) electrons. The maximum atomic E-state index is 13.1. The first-order valence-electron chi connectivity index (χ1n) is 13.1. The Hall–Kier alpha value is -3.62. The number of aromatic amines is 1. The van der Waals surface area contributed by atoms with Gasteiger partial charge in [0.05, 0.1) is 17.5 Å². The van der Waals surface area contributed by atoms with E-state index in [1.807, 2.05) is 62.2 Å². The predicted molar refractivity (Wildman–Crippen MR) is 140 cm³/mol. The van der Waals surface area contributed by atoms with E-state index < -0.39 is 5.60 Å². The van der Waals surface area contributed by atoms with Gasteiger partial charge in [-0.05, 0) is 63.6 Å². The lowest BCUT2D eigenvalue weighted by Gasteiger charge is -2.39. The van der Waals surface area contributed by atoms with Crippen molar-refractivity contribution in [3.63, 3.8) is 0 Å². The number of ether oxygens (including phenoxy) is 2. The summed E-state index contributed by atoms with van der Waals surface area (Å²) in [4.78, 5) is 41.3. The summed E-state index contributed by atoms with van der Waals surface area (Å²) in [6.07, 6.45) is 7.01. The molecule has 2 aliphatic rings. The Morgan fingerprint density at radius 1 is 1.03 bits per heavy atom. The molecule has 5 rings (SSSR count). The number of anilines is 1. The average Bonchev–Trinajstić information content (AvgIpc) is 3.53. The van der Waals surface area contributed by atoms with Gasteiger partial charge in [-0.3, -0.25) is 4.79 Å². The molecule has 0 saturated carbocycles. The topological polar surface area (TPSA) is 101 Å². The molecule has 2 fully saturated rings. The first-order valence-corrected chi connectivity index (χ1v) is 13.1. The number of nitrogens with one attached hydrogen (secondary N) is 1. The number of H-pyrrole nitrogens is 1. The molecule has 0 spiro atoms. The van der Waals surface area contributed by atoms with Crippen molar-refractivity contribution in [2.45, 2.75) is 77.2 Å². The third-order valence-electron chi connectivity index (χ3n) is 7.07. The molecule has 196 valence electrons. The van der Waals surface area contributed by atoms with Crippen molar-refractivity contribution in [2.24, 2.45) is 0 Å². The number of esters is 1. The molecule has 1 N–H and O–H groups in total. The summed E-state index contributed by atoms with van der Waals surface area (Å²) >= 11 is 0. The van der Waals surface area contributed by atoms with E-state index in [-0.39, 0.29) is 30.8 Å². The number of rotatable bonds is 6. The molecular formula is C28H35N5O4. The molecule has 37 heavy (non-hydrogen) atoms. The van der Waals surface area contributed by atoms with Gasteiger partial charge in [0.15, 0.2) is 0 Å². The van der Waals surface area contributed by atoms with E-state index in [2.05, 4.69) is 19.9 Å². The lowest BCUT2D eigenvalue weighted by molar-refractivity contribution is -0.154. The van der Waals surface area contributed by atoms with Crippen LogP contribution in [0.1, 0.15) is 57.6 Å². The minimum Gasteiger partial charge on any atom is -0.460 e. The summed E-state index contributed by atoms with van der Waals surface area (Å²) in [6.45, 7) is 7.38. The Labute approximate surface area is 217 Å². The van der Waals surface area contributed by atoms with E-state index in [1.54, 1.807) is 6.33 Å². The minimum atomic E-state index is -0.472. The van der Waals surface area contributed by atoms with Crippen molar-refractivity contribution in [2.75, 3.05) is 18.0 Å². The number of amides is 1. The number of hydrogen-bond acceptors (Lipinski definition) is 7. The summed E-state index contributed by atoms with van der Waals surface area (Å²) in [5.41, 5.74) is 2.33. The van der Waals surface area contributed by atoms with Gasteiger partial charge < -0.3 is 24.3 Å². The second kappa shape index (κ2) is 10.4. The molecule has 9 heteroatoms. The molecule has 2 atom stereocenters. The highest BCUT2D eigenvalue weighted by Crippen LogP contribution is 2.36. The van der Waals surface area contributed by atoms with Crippen LogP contribution in [0.25, 0.3) is 11.0 Å². The number of aromatic nitrogens is 3. The number of likely N-dealkylation sites (tertiary alicyclic amines) is 1. The maximum absolute atomic E-state index is 13.1. The number of hydrogen-bond donors (Lipinski definition) is 1. The van der Waals surface area contributed by atoms with Crippen LogP contribution in [-0.4, -0.2) is 62.7 Å². The summed E-state index contributed by atoms with van der Waals surface area (Å²) in [6, 6.07) is 10.2. The molecule has 2 saturated heterocycles. The standard InChI is InChI=1S/C28H35N5O4/c1-28(2,3)37-24(34)11-10-19-6-8-20(9-7-19)17-36-27(35)33-15-4-5-22-23(33)13-16-32(22)26-21-12-14-29-25(21)30-18-31-26/h6-9,12,14,18,22-23H,4-5,10-11,13,15-17H2,1-3H3,(H,29,30,31)/t22-,23?/m1/s1. The van der Waals surface area contributed by atoms with Gasteiger partial charge in [-0.25, -0.2) is 14.8 Å². The fraction of sp³-hybridized carbons (Fsp3) is 0.500. The zero-order valence-corrected chi connectivity index (χ0v) is 21.8. The first-order chi connectivity index (χ1) is 17.8. The van der Waals surface area contributed by atoms with Gasteiger partial charge in [-0.2, -0.15) is 0 Å². The quantitative estimate of drug-likeness (QED) is 0.488. The highest BCUT2D eigenvalue weighted by Gasteiger charge is 2.43. The van der Waals surface area contributed by atoms with E-state index in [0.717, 1.165) is 53.8 Å². The zero-order chi connectivity index (χ0) is 26.0. The molecule has 2 aromatic heterocycles. The predicted octanol–water partition coefficient (Wildman–Crippen LogP) is 4.61. The molecular weight excluding hydrogens is 470 g/mol. The van der Waals surface area contributed by atoms with Gasteiger partial charge in [0, 0.05) is 25.7 Å². The Morgan fingerprint density at radius 3 is 2.59 bits per heavy atom. The van der Waals surface area contributed by atoms with Crippen molar-refractivity contribution in [1.82, 2.24) is 19.9 Å². The molecule has 4 heterocycles. The summed E-state index contributed by atoms with van der Waals surface area (Å²) < 4.78 is 11.1. The number of piperidine rings is 1. The van der Waals surface area contributed by atoms with Gasteiger partial charge in [0.1, 0.15) is 30.0 Å². The Kier molecular flexibility index (Phi) is 7.04. The second-order valence-electron chi connectivity index (χ2n) is 10.8. The monoisotopic (exact) mass is 505 g/mol. The zero-order valence-electron chi connectivity index (χ0n) is 21.8. The van der Waals surface area contributed by atoms with Gasteiger partial charge in [0.2, 0.25) is 0 Å². The number of nitrogens with zero attached hydrogens (tertiary/aromatic N) is 4. The van der Waals surface area contributed by atoms with Crippen molar-refractivity contribution in [1.29, 1.82) is 0 Å². The summed E-state index contributed by atoms with van der Waals surface area (Å²) in [5.74, 6) is 0.730. The third-order valence-corrected chi connectivity index (χ3v) is 7.07. The fourth-order valence-corrected chi connectivity index (χ4v) is 5.43. The SMILES string of the molecule is CC(C)(C)OC(=O)CCc1ccc(COC(=O)N2CCC[C@@H]3C2CCN3c2ncnc3[nH]ccc23)cc1. The van der Waals surface area contributed by atoms with E-state index >= 15 is 0 Å². The number of carbonyl (C=O) groups excluding carboxylic acids is 2. The van der Waals surface area contributed by atoms with Gasteiger partial charge in [-0.15, -0.1) is 0 Å². The first kappa shape index (κ1) is 25.0. The molecule has 2 aliphatic heterocycles. The van der Waals surface area contributed by atoms with Crippen molar-refractivity contribution in [3.8, 4) is 0 Å². The van der Waals surface area contributed by atoms with Crippen LogP contribution in [0.4, 0.5) is 10.6 Å². The van der Waals surface area contributed by atoms with Crippen LogP contribution < -0.4 is 4.90 Å². The van der Waals surface area contributed by atoms with Crippen LogP contribution in [0.3, 0.4) is 0 Å². The van der Waals surface area contributed by atoms with Crippen LogP contribution in [0, 0.1) is 0 Å². The molecule has 1 amide bonds. The van der Waals surface area contributed by atoms with E-state index in [0.29, 0.717) is 19.4 Å². The number of carbonyl (C=O) groups is 2. The van der Waals surface area contributed by atoms with Crippen LogP contribution >= 0.6 is 0 Å². The molecule has 0 bridgehead atoms. The maximum Gasteiger partial charge on any atom is 0.410 e. The average molecular weight is 506 g/mol. The van der Waals surface area contributed by atoms with Crippen LogP contribution in [-0.2, 0) is 27.3 Å². The van der Waals surface area contributed by atoms with Crippen LogP contribution in [0.2, 0.25) is 0 Å². The lowest BCUT2D eigenvalue weighted by atomic mass is 9.97. The van der Waals surface area contributed by atoms with Crippen molar-refractivity contribution in [3.05, 3.63) is 54.0 Å². The summed E-state index contributed by atoms with van der Waals surface area (Å²) in [5, 5.41) is 1.01.